The van der Waals surface area contributed by atoms with Gasteiger partial charge in [0.15, 0.2) is 0 Å². The van der Waals surface area contributed by atoms with Crippen molar-refractivity contribution in [3.8, 4) is 0 Å². The largest absolute Gasteiger partial charge is 0.480 e. The Labute approximate surface area is 95.2 Å². The summed E-state index contributed by atoms with van der Waals surface area (Å²) in [5, 5.41) is 11.1. The van der Waals surface area contributed by atoms with Crippen LogP contribution in [0.25, 0.3) is 0 Å². The number of hydrogen-bond acceptors (Lipinski definition) is 3. The molecule has 0 radical (unpaired) electrons. The molecule has 0 atom stereocenters. The normalized spacial score (nSPS) is 17.2. The van der Waals surface area contributed by atoms with E-state index in [0.29, 0.717) is 12.5 Å². The van der Waals surface area contributed by atoms with Crippen LogP contribution >= 0.6 is 0 Å². The van der Waals surface area contributed by atoms with Crippen LogP contribution in [0.1, 0.15) is 26.7 Å². The van der Waals surface area contributed by atoms with Crippen LogP contribution in [0.15, 0.2) is 0 Å². The lowest BCUT2D eigenvalue weighted by Gasteiger charge is -2.19. The maximum absolute atomic E-state index is 11.3. The van der Waals surface area contributed by atoms with Gasteiger partial charge in [0.05, 0.1) is 0 Å². The highest BCUT2D eigenvalue weighted by molar-refractivity contribution is 5.77. The van der Waals surface area contributed by atoms with Gasteiger partial charge in [-0.05, 0) is 24.2 Å². The minimum Gasteiger partial charge on any atom is -0.480 e. The van der Waals surface area contributed by atoms with Gasteiger partial charge < -0.3 is 15.2 Å². The molecule has 0 unspecified atom stereocenters. The standard InChI is InChI=1S/C11H19NO4/c1-8(2)11(3-4-11)7-12-9(13)5-16-6-10(14)15/h8H,3-7H2,1-2H3,(H,12,13)(H,14,15). The van der Waals surface area contributed by atoms with Gasteiger partial charge in [-0.1, -0.05) is 13.8 Å². The maximum atomic E-state index is 11.3. The van der Waals surface area contributed by atoms with Crippen molar-refractivity contribution < 1.29 is 19.4 Å². The molecule has 2 N–H and O–H groups in total. The van der Waals surface area contributed by atoms with Crippen LogP contribution in [-0.4, -0.2) is 36.7 Å². The highest BCUT2D eigenvalue weighted by Gasteiger charge is 2.45. The molecular formula is C11H19NO4. The van der Waals surface area contributed by atoms with Crippen molar-refractivity contribution in [2.45, 2.75) is 26.7 Å². The first kappa shape index (κ1) is 13.0. The summed E-state index contributed by atoms with van der Waals surface area (Å²) in [5.74, 6) is -0.741. The van der Waals surface area contributed by atoms with Crippen LogP contribution in [0.2, 0.25) is 0 Å². The van der Waals surface area contributed by atoms with E-state index in [-0.39, 0.29) is 17.9 Å². The van der Waals surface area contributed by atoms with Crippen LogP contribution in [-0.2, 0) is 14.3 Å². The number of carbonyl (C=O) groups excluding carboxylic acids is 1. The second-order valence-corrected chi connectivity index (χ2v) is 4.68. The molecule has 1 saturated carbocycles. The highest BCUT2D eigenvalue weighted by Crippen LogP contribution is 2.51. The number of amides is 1. The topological polar surface area (TPSA) is 75.6 Å². The molecule has 1 aliphatic rings. The van der Waals surface area contributed by atoms with Crippen molar-refractivity contribution in [2.75, 3.05) is 19.8 Å². The van der Waals surface area contributed by atoms with Crippen LogP contribution in [0.3, 0.4) is 0 Å². The van der Waals surface area contributed by atoms with Gasteiger partial charge in [0.2, 0.25) is 5.91 Å². The zero-order chi connectivity index (χ0) is 12.2. The molecule has 5 nitrogen and oxygen atoms in total. The first-order valence-electron chi connectivity index (χ1n) is 5.52. The highest BCUT2D eigenvalue weighted by atomic mass is 16.5. The Morgan fingerprint density at radius 3 is 2.44 bits per heavy atom. The summed E-state index contributed by atoms with van der Waals surface area (Å²) in [6.07, 6.45) is 2.31. The number of carboxylic acid groups (broad SMARTS) is 1. The summed E-state index contributed by atoms with van der Waals surface area (Å²) in [6, 6.07) is 0. The Kier molecular flexibility index (Phi) is 4.29. The minimum atomic E-state index is -1.06. The van der Waals surface area contributed by atoms with E-state index in [9.17, 15) is 9.59 Å². The molecule has 1 fully saturated rings. The lowest BCUT2D eigenvalue weighted by Crippen LogP contribution is -2.35. The van der Waals surface area contributed by atoms with Gasteiger partial charge in [0.25, 0.3) is 0 Å². The Balaban J connectivity index is 2.13. The summed E-state index contributed by atoms with van der Waals surface area (Å²) in [6.45, 7) is 4.36. The Hall–Kier alpha value is -1.10. The lowest BCUT2D eigenvalue weighted by molar-refractivity contribution is -0.143. The summed E-state index contributed by atoms with van der Waals surface area (Å²) < 4.78 is 4.69. The van der Waals surface area contributed by atoms with Gasteiger partial charge in [0, 0.05) is 6.54 Å². The molecule has 0 saturated heterocycles. The van der Waals surface area contributed by atoms with Gasteiger partial charge in [-0.15, -0.1) is 0 Å². The molecule has 1 rings (SSSR count). The smallest absolute Gasteiger partial charge is 0.329 e. The number of carbonyl (C=O) groups is 2. The van der Waals surface area contributed by atoms with Gasteiger partial charge in [-0.3, -0.25) is 4.79 Å². The fourth-order valence-corrected chi connectivity index (χ4v) is 1.68. The van der Waals surface area contributed by atoms with Gasteiger partial charge in [0.1, 0.15) is 13.2 Å². The van der Waals surface area contributed by atoms with Crippen molar-refractivity contribution >= 4 is 11.9 Å². The SMILES string of the molecule is CC(C)C1(CNC(=O)COCC(=O)O)CC1. The third-order valence-electron chi connectivity index (χ3n) is 3.21. The monoisotopic (exact) mass is 229 g/mol. The number of carboxylic acids is 1. The average Bonchev–Trinajstić information content (AvgIpc) is 2.95. The molecule has 0 aromatic rings. The number of ether oxygens (including phenoxy) is 1. The summed E-state index contributed by atoms with van der Waals surface area (Å²) in [4.78, 5) is 21.4. The van der Waals surface area contributed by atoms with Crippen LogP contribution in [0.5, 0.6) is 0 Å². The lowest BCUT2D eigenvalue weighted by atomic mass is 9.92. The van der Waals surface area contributed by atoms with Gasteiger partial charge in [-0.2, -0.15) is 0 Å². The molecule has 0 spiro atoms. The fourth-order valence-electron chi connectivity index (χ4n) is 1.68. The van der Waals surface area contributed by atoms with E-state index in [2.05, 4.69) is 19.2 Å². The average molecular weight is 229 g/mol. The Morgan fingerprint density at radius 1 is 1.38 bits per heavy atom. The molecule has 0 aromatic carbocycles. The number of aliphatic carboxylic acids is 1. The second-order valence-electron chi connectivity index (χ2n) is 4.68. The molecule has 1 amide bonds. The first-order valence-corrected chi connectivity index (χ1v) is 5.52. The number of nitrogens with one attached hydrogen (secondary N) is 1. The van der Waals surface area contributed by atoms with E-state index in [1.165, 1.54) is 0 Å². The van der Waals surface area contributed by atoms with E-state index in [0.717, 1.165) is 12.8 Å². The molecular weight excluding hydrogens is 210 g/mol. The predicted octanol–water partition coefficient (Wildman–Crippen LogP) is 0.640. The Morgan fingerprint density at radius 2 is 2.00 bits per heavy atom. The van der Waals surface area contributed by atoms with Crippen LogP contribution in [0, 0.1) is 11.3 Å². The van der Waals surface area contributed by atoms with Crippen molar-refractivity contribution in [3.05, 3.63) is 0 Å². The first-order chi connectivity index (χ1) is 7.46. The maximum Gasteiger partial charge on any atom is 0.329 e. The van der Waals surface area contributed by atoms with Crippen molar-refractivity contribution in [3.63, 3.8) is 0 Å². The Bertz CT molecular complexity index is 271. The second kappa shape index (κ2) is 5.30. The zero-order valence-corrected chi connectivity index (χ0v) is 9.78. The molecule has 0 bridgehead atoms. The van der Waals surface area contributed by atoms with E-state index < -0.39 is 12.6 Å². The molecule has 16 heavy (non-hydrogen) atoms. The van der Waals surface area contributed by atoms with Crippen molar-refractivity contribution in [1.82, 2.24) is 5.32 Å². The van der Waals surface area contributed by atoms with E-state index in [1.54, 1.807) is 0 Å². The predicted molar refractivity (Wildman–Crippen MR) is 58.0 cm³/mol. The third kappa shape index (κ3) is 3.81. The van der Waals surface area contributed by atoms with Crippen LogP contribution in [0.4, 0.5) is 0 Å². The number of hydrogen-bond donors (Lipinski definition) is 2. The van der Waals surface area contributed by atoms with E-state index in [1.807, 2.05) is 0 Å². The minimum absolute atomic E-state index is 0.180. The van der Waals surface area contributed by atoms with Crippen molar-refractivity contribution in [1.29, 1.82) is 0 Å². The molecule has 0 aliphatic heterocycles. The van der Waals surface area contributed by atoms with E-state index >= 15 is 0 Å². The van der Waals surface area contributed by atoms with Gasteiger partial charge in [-0.25, -0.2) is 4.79 Å². The molecule has 1 aliphatic carbocycles. The molecule has 5 heteroatoms. The summed E-state index contributed by atoms with van der Waals surface area (Å²) in [5.41, 5.74) is 0.266. The summed E-state index contributed by atoms with van der Waals surface area (Å²) >= 11 is 0. The molecule has 92 valence electrons. The van der Waals surface area contributed by atoms with E-state index in [4.69, 9.17) is 9.84 Å². The molecule has 0 aromatic heterocycles. The fraction of sp³-hybridized carbons (Fsp3) is 0.818. The summed E-state index contributed by atoms with van der Waals surface area (Å²) in [7, 11) is 0. The quantitative estimate of drug-likeness (QED) is 0.671. The van der Waals surface area contributed by atoms with Gasteiger partial charge >= 0.3 is 5.97 Å². The number of rotatable bonds is 7. The molecule has 0 heterocycles. The van der Waals surface area contributed by atoms with Crippen molar-refractivity contribution in [2.24, 2.45) is 11.3 Å². The zero-order valence-electron chi connectivity index (χ0n) is 9.78. The third-order valence-corrected chi connectivity index (χ3v) is 3.21. The van der Waals surface area contributed by atoms with Crippen LogP contribution < -0.4 is 5.32 Å².